The molecule has 10 nitrogen and oxygen atoms in total. The van der Waals surface area contributed by atoms with E-state index in [1.54, 1.807) is 46.5 Å². The first-order chi connectivity index (χ1) is 21.0. The molecular formula is C34H34O10. The molecule has 44 heavy (non-hydrogen) atoms. The fourth-order valence-electron chi connectivity index (χ4n) is 5.07. The van der Waals surface area contributed by atoms with E-state index in [2.05, 4.69) is 0 Å². The smallest absolute Gasteiger partial charge is 0.270 e. The number of rotatable bonds is 5. The molecule has 0 saturated heterocycles. The predicted molar refractivity (Wildman–Crippen MR) is 165 cm³/mol. The molecule has 1 aromatic heterocycles. The number of aliphatic hydroxyl groups is 1. The molecule has 2 aliphatic rings. The summed E-state index contributed by atoms with van der Waals surface area (Å²) in [5.74, 6) is 1.50. The largest absolute Gasteiger partial charge is 0.507 e. The minimum atomic E-state index is -1.58. The van der Waals surface area contributed by atoms with E-state index in [-0.39, 0.29) is 34.5 Å². The van der Waals surface area contributed by atoms with Gasteiger partial charge >= 0.3 is 0 Å². The summed E-state index contributed by atoms with van der Waals surface area (Å²) in [6.07, 6.45) is 4.13. The highest BCUT2D eigenvalue weighted by Crippen LogP contribution is 2.49. The van der Waals surface area contributed by atoms with Gasteiger partial charge in [0.1, 0.15) is 45.5 Å². The van der Waals surface area contributed by atoms with Gasteiger partial charge in [-0.15, -0.1) is 0 Å². The number of methoxy groups -OCH3 is 3. The lowest BCUT2D eigenvalue weighted by atomic mass is 9.90. The predicted octanol–water partition coefficient (Wildman–Crippen LogP) is 5.75. The zero-order chi connectivity index (χ0) is 31.8. The van der Waals surface area contributed by atoms with Crippen molar-refractivity contribution in [1.82, 2.24) is 0 Å². The second-order valence-electron chi connectivity index (χ2n) is 10.6. The number of phenolic OH excluding ortho intramolecular Hbond substituents is 2. The van der Waals surface area contributed by atoms with Crippen LogP contribution in [0.2, 0.25) is 0 Å². The monoisotopic (exact) mass is 602 g/mol. The zero-order valence-corrected chi connectivity index (χ0v) is 25.3. The van der Waals surface area contributed by atoms with Crippen molar-refractivity contribution in [3.05, 3.63) is 86.8 Å². The molecular weight excluding hydrogens is 568 g/mol. The number of ether oxygens (including phenoxy) is 5. The van der Waals surface area contributed by atoms with Gasteiger partial charge in [-0.1, -0.05) is 11.6 Å². The van der Waals surface area contributed by atoms with E-state index in [9.17, 15) is 20.1 Å². The zero-order valence-electron chi connectivity index (χ0n) is 25.3. The van der Waals surface area contributed by atoms with Crippen LogP contribution in [0.25, 0.3) is 22.6 Å². The molecule has 1 atom stereocenters. The molecule has 3 heterocycles. The average Bonchev–Trinajstić information content (AvgIpc) is 2.98. The molecule has 3 N–H and O–H groups in total. The maximum Gasteiger partial charge on any atom is 0.270 e. The summed E-state index contributed by atoms with van der Waals surface area (Å²) < 4.78 is 32.8. The maximum atomic E-state index is 11.9. The second-order valence-corrected chi connectivity index (χ2v) is 10.6. The molecule has 1 unspecified atom stereocenters. The summed E-state index contributed by atoms with van der Waals surface area (Å²) in [5.41, 5.74) is 3.46. The molecule has 4 aromatic rings. The van der Waals surface area contributed by atoms with Gasteiger partial charge in [0.05, 0.1) is 21.3 Å². The van der Waals surface area contributed by atoms with Gasteiger partial charge < -0.3 is 43.4 Å². The van der Waals surface area contributed by atoms with Crippen LogP contribution in [0.15, 0.2) is 63.3 Å². The van der Waals surface area contributed by atoms with Gasteiger partial charge in [-0.25, -0.2) is 0 Å². The van der Waals surface area contributed by atoms with E-state index < -0.39 is 5.79 Å². The molecule has 6 rings (SSSR count). The van der Waals surface area contributed by atoms with Crippen molar-refractivity contribution >= 4 is 22.6 Å². The van der Waals surface area contributed by atoms with Crippen LogP contribution in [0.1, 0.15) is 36.3 Å². The Morgan fingerprint density at radius 1 is 0.977 bits per heavy atom. The molecule has 0 spiro atoms. The van der Waals surface area contributed by atoms with E-state index in [4.69, 9.17) is 28.1 Å². The third-order valence-electron chi connectivity index (χ3n) is 7.33. The number of fused-ring (bicyclic) bond motifs is 5. The molecule has 0 aliphatic carbocycles. The van der Waals surface area contributed by atoms with E-state index in [1.807, 2.05) is 38.1 Å². The van der Waals surface area contributed by atoms with Crippen molar-refractivity contribution in [1.29, 1.82) is 0 Å². The Bertz CT molecular complexity index is 1860. The van der Waals surface area contributed by atoms with Crippen molar-refractivity contribution in [3.63, 3.8) is 0 Å². The Kier molecular flexibility index (Phi) is 8.21. The third kappa shape index (κ3) is 5.63. The molecule has 230 valence electrons. The van der Waals surface area contributed by atoms with Gasteiger partial charge in [0, 0.05) is 46.5 Å². The summed E-state index contributed by atoms with van der Waals surface area (Å²) in [4.78, 5) is 11.9. The standard InChI is InChI=1S/C19H18O6.C15H16O4/c1-21-12-5-4-11-6-14-13-8-17(22-2)18(23-3)9-16(13)24-10-19(14,20)25-15(11)7-12;1-8(2)4-5-10-11(16)7-13-14(15(10)18)12(17)6-9(3)19-13/h4-9,20H,10H2,1-3H3;4,6-7,16,18H,5H2,1-3H3. The van der Waals surface area contributed by atoms with E-state index in [0.29, 0.717) is 57.6 Å². The number of phenols is 2. The number of allylic oxidation sites excluding steroid dienone is 2. The molecule has 10 heteroatoms. The van der Waals surface area contributed by atoms with Crippen LogP contribution in [-0.4, -0.2) is 49.0 Å². The molecule has 0 fully saturated rings. The lowest BCUT2D eigenvalue weighted by Crippen LogP contribution is -2.47. The van der Waals surface area contributed by atoms with Gasteiger partial charge in [-0.3, -0.25) is 4.79 Å². The third-order valence-corrected chi connectivity index (χ3v) is 7.33. The summed E-state index contributed by atoms with van der Waals surface area (Å²) in [7, 11) is 4.71. The Balaban J connectivity index is 0.000000182. The van der Waals surface area contributed by atoms with Crippen molar-refractivity contribution in [2.45, 2.75) is 33.0 Å². The Morgan fingerprint density at radius 3 is 2.39 bits per heavy atom. The highest BCUT2D eigenvalue weighted by atomic mass is 16.7. The maximum absolute atomic E-state index is 11.9. The van der Waals surface area contributed by atoms with Gasteiger partial charge in [-0.05, 0) is 51.5 Å². The number of aryl methyl sites for hydroxylation is 1. The first kappa shape index (κ1) is 30.4. The van der Waals surface area contributed by atoms with E-state index in [0.717, 1.165) is 11.1 Å². The molecule has 2 aliphatic heterocycles. The molecule has 0 saturated carbocycles. The van der Waals surface area contributed by atoms with Gasteiger partial charge in [0.25, 0.3) is 5.79 Å². The summed E-state index contributed by atoms with van der Waals surface area (Å²) >= 11 is 0. The fraction of sp³-hybridized carbons (Fsp3) is 0.265. The van der Waals surface area contributed by atoms with Crippen LogP contribution in [-0.2, 0) is 6.42 Å². The van der Waals surface area contributed by atoms with E-state index in [1.165, 1.54) is 12.1 Å². The second kappa shape index (κ2) is 11.9. The average molecular weight is 603 g/mol. The van der Waals surface area contributed by atoms with Crippen LogP contribution in [0.5, 0.6) is 40.2 Å². The van der Waals surface area contributed by atoms with Crippen LogP contribution in [0.3, 0.4) is 0 Å². The van der Waals surface area contributed by atoms with Crippen LogP contribution >= 0.6 is 0 Å². The SMILES string of the molecule is CC(C)=CCc1c(O)cc2oc(C)cc(=O)c2c1O.COc1ccc2c(c1)OC1(O)COc3cc(OC)c(OC)cc3C1=C2. The normalized spacial score (nSPS) is 16.0. The van der Waals surface area contributed by atoms with Crippen LogP contribution < -0.4 is 29.1 Å². The number of hydrogen-bond donors (Lipinski definition) is 3. The molecule has 0 amide bonds. The van der Waals surface area contributed by atoms with Crippen molar-refractivity contribution in [3.8, 4) is 40.2 Å². The van der Waals surface area contributed by atoms with Crippen LogP contribution in [0.4, 0.5) is 0 Å². The number of benzene rings is 3. The first-order valence-electron chi connectivity index (χ1n) is 13.8. The lowest BCUT2D eigenvalue weighted by Gasteiger charge is -2.39. The topological polar surface area (TPSA) is 137 Å². The van der Waals surface area contributed by atoms with E-state index >= 15 is 0 Å². The number of aromatic hydroxyl groups is 2. The Labute approximate surface area is 254 Å². The van der Waals surface area contributed by atoms with Gasteiger partial charge in [0.15, 0.2) is 23.5 Å². The molecule has 0 bridgehead atoms. The minimum Gasteiger partial charge on any atom is -0.507 e. The van der Waals surface area contributed by atoms with Gasteiger partial charge in [-0.2, -0.15) is 0 Å². The van der Waals surface area contributed by atoms with Crippen LogP contribution in [0, 0.1) is 6.92 Å². The number of hydrogen-bond acceptors (Lipinski definition) is 10. The Morgan fingerprint density at radius 2 is 1.70 bits per heavy atom. The Hall–Kier alpha value is -5.09. The molecule has 0 radical (unpaired) electrons. The quantitative estimate of drug-likeness (QED) is 0.242. The summed E-state index contributed by atoms with van der Waals surface area (Å²) in [6.45, 7) is 5.46. The highest BCUT2D eigenvalue weighted by molar-refractivity contribution is 5.92. The highest BCUT2D eigenvalue weighted by Gasteiger charge is 2.44. The lowest BCUT2D eigenvalue weighted by molar-refractivity contribution is -0.116. The summed E-state index contributed by atoms with van der Waals surface area (Å²) in [5, 5.41) is 31.2. The van der Waals surface area contributed by atoms with Crippen molar-refractivity contribution in [2.24, 2.45) is 0 Å². The van der Waals surface area contributed by atoms with Crippen molar-refractivity contribution in [2.75, 3.05) is 27.9 Å². The minimum absolute atomic E-state index is 0.0298. The first-order valence-corrected chi connectivity index (χ1v) is 13.8. The fourth-order valence-corrected chi connectivity index (χ4v) is 5.07. The van der Waals surface area contributed by atoms with Crippen molar-refractivity contribution < 1.29 is 43.4 Å². The summed E-state index contributed by atoms with van der Waals surface area (Å²) in [6, 6.07) is 11.7. The molecule has 3 aromatic carbocycles. The van der Waals surface area contributed by atoms with Gasteiger partial charge in [0.2, 0.25) is 0 Å².